The van der Waals surface area contributed by atoms with E-state index in [9.17, 15) is 0 Å². The van der Waals surface area contributed by atoms with Crippen LogP contribution in [-0.2, 0) is 32.5 Å². The van der Waals surface area contributed by atoms with Crippen LogP contribution in [0, 0.1) is 0 Å². The highest BCUT2D eigenvalue weighted by Gasteiger charge is 2.62. The summed E-state index contributed by atoms with van der Waals surface area (Å²) >= 11 is 0. The van der Waals surface area contributed by atoms with Crippen molar-refractivity contribution in [1.29, 1.82) is 0 Å². The Balaban J connectivity index is 1.17. The molecule has 0 radical (unpaired) electrons. The Bertz CT molecular complexity index is 3790. The highest BCUT2D eigenvalue weighted by molar-refractivity contribution is 6.93. The minimum absolute atomic E-state index is 0.0469. The van der Waals surface area contributed by atoms with Gasteiger partial charge >= 0.3 is 6.85 Å². The number of para-hydroxylation sites is 2. The zero-order valence-electron chi connectivity index (χ0n) is 49.7. The van der Waals surface area contributed by atoms with Gasteiger partial charge in [0.15, 0.2) is 0 Å². The first-order valence-electron chi connectivity index (χ1n) is 29.9. The van der Waals surface area contributed by atoms with Gasteiger partial charge in [-0.2, -0.15) is 0 Å². The number of benzene rings is 8. The second-order valence-corrected chi connectivity index (χ2v) is 29.1. The molecule has 398 valence electrons. The SMILES string of the molecule is CC(C)(C)c1ccc(N2B3c4cc(C(C)(C)C)cc5c4N(c4cc(N(c6ccccc6)c6ccccc6)cc(c43)-c3c2ccc2c3C(C)(C)c3cc4c(cc3-2)C(C)(C)CCC4(C)C)C2(C)CCCCC52C)c(-c2ccccc2)c1. The van der Waals surface area contributed by atoms with Crippen molar-refractivity contribution in [3.05, 3.63) is 197 Å². The maximum atomic E-state index is 2.95. The standard InChI is InChI=1S/C75H80BN3/c1-69(2,3)48-32-34-62(54(40-48)47-26-18-15-19-27-47)79-63-35-33-53-55-45-58-59(72(9,10)39-38-71(58,7)8)46-57(55)73(11,12)66(53)65(63)56-43-52(77(50-28-20-16-21-29-50)51-30-22-17-23-31-51)44-64-67(56)76(79)61-42-49(70(4,5)6)41-60-68(61)78(64)75(14)37-25-24-36-74(60,75)13/h15-23,26-35,40-46H,24-25,36-39H2,1-14H3. The third kappa shape index (κ3) is 7.04. The summed E-state index contributed by atoms with van der Waals surface area (Å²) in [6, 6.07) is 62.1. The summed E-state index contributed by atoms with van der Waals surface area (Å²) in [4.78, 5) is 8.35. The average Bonchev–Trinajstić information content (AvgIpc) is 2.46. The van der Waals surface area contributed by atoms with Crippen LogP contribution in [-0.4, -0.2) is 12.4 Å². The molecule has 0 bridgehead atoms. The molecule has 3 aliphatic heterocycles. The van der Waals surface area contributed by atoms with E-state index in [0.29, 0.717) is 0 Å². The molecule has 3 aliphatic carbocycles. The normalized spacial score (nSPS) is 21.3. The Morgan fingerprint density at radius 3 is 1.68 bits per heavy atom. The molecule has 79 heavy (non-hydrogen) atoms. The Morgan fingerprint density at radius 1 is 0.456 bits per heavy atom. The molecule has 1 saturated carbocycles. The fourth-order valence-corrected chi connectivity index (χ4v) is 16.2. The van der Waals surface area contributed by atoms with Gasteiger partial charge in [0.2, 0.25) is 0 Å². The van der Waals surface area contributed by atoms with Crippen molar-refractivity contribution in [2.24, 2.45) is 0 Å². The first-order valence-corrected chi connectivity index (χ1v) is 29.9. The van der Waals surface area contributed by atoms with Crippen molar-refractivity contribution in [2.75, 3.05) is 14.6 Å². The van der Waals surface area contributed by atoms with E-state index >= 15 is 0 Å². The van der Waals surface area contributed by atoms with Crippen molar-refractivity contribution in [3.8, 4) is 33.4 Å². The largest absolute Gasteiger partial charge is 0.376 e. The number of rotatable bonds is 5. The predicted molar refractivity (Wildman–Crippen MR) is 339 cm³/mol. The lowest BCUT2D eigenvalue weighted by molar-refractivity contribution is 0.195. The molecular weight excluding hydrogens is 954 g/mol. The maximum Gasteiger partial charge on any atom is 0.333 e. The average molecular weight is 1030 g/mol. The van der Waals surface area contributed by atoms with Gasteiger partial charge in [-0.05, 0) is 187 Å². The fraction of sp³-hybridized carbons (Fsp3) is 0.360. The van der Waals surface area contributed by atoms with Crippen molar-refractivity contribution in [1.82, 2.24) is 0 Å². The predicted octanol–water partition coefficient (Wildman–Crippen LogP) is 19.1. The quantitative estimate of drug-likeness (QED) is 0.159. The molecule has 8 aromatic carbocycles. The lowest BCUT2D eigenvalue weighted by atomic mass is 9.42. The molecule has 0 spiro atoms. The van der Waals surface area contributed by atoms with Gasteiger partial charge in [-0.25, -0.2) is 0 Å². The first kappa shape index (κ1) is 50.4. The van der Waals surface area contributed by atoms with Crippen LogP contribution in [0.1, 0.15) is 174 Å². The Labute approximate surface area is 473 Å². The third-order valence-corrected chi connectivity index (χ3v) is 21.1. The van der Waals surface area contributed by atoms with E-state index in [1.165, 1.54) is 144 Å². The second-order valence-electron chi connectivity index (χ2n) is 29.1. The third-order valence-electron chi connectivity index (χ3n) is 21.1. The topological polar surface area (TPSA) is 9.72 Å². The number of hydrogen-bond donors (Lipinski definition) is 0. The molecule has 2 atom stereocenters. The van der Waals surface area contributed by atoms with Crippen LogP contribution >= 0.6 is 0 Å². The van der Waals surface area contributed by atoms with E-state index in [2.05, 4.69) is 269 Å². The summed E-state index contributed by atoms with van der Waals surface area (Å²) in [6.45, 7) is 34.6. The fourth-order valence-electron chi connectivity index (χ4n) is 16.2. The maximum absolute atomic E-state index is 2.95. The van der Waals surface area contributed by atoms with Crippen LogP contribution in [0.25, 0.3) is 33.4 Å². The molecule has 0 saturated heterocycles. The lowest BCUT2D eigenvalue weighted by Crippen LogP contribution is -2.65. The molecule has 0 N–H and O–H groups in total. The molecule has 3 nitrogen and oxygen atoms in total. The Hall–Kier alpha value is -6.78. The van der Waals surface area contributed by atoms with E-state index in [1.54, 1.807) is 0 Å². The summed E-state index contributed by atoms with van der Waals surface area (Å²) < 4.78 is 0. The van der Waals surface area contributed by atoms with Crippen LogP contribution < -0.4 is 25.5 Å². The van der Waals surface area contributed by atoms with Gasteiger partial charge in [0.05, 0.1) is 5.54 Å². The molecule has 0 amide bonds. The van der Waals surface area contributed by atoms with Crippen LogP contribution in [0.2, 0.25) is 0 Å². The zero-order chi connectivity index (χ0) is 55.1. The van der Waals surface area contributed by atoms with Gasteiger partial charge in [0, 0.05) is 61.8 Å². The van der Waals surface area contributed by atoms with Crippen molar-refractivity contribution in [3.63, 3.8) is 0 Å². The summed E-state index contributed by atoms with van der Waals surface area (Å²) in [7, 11) is 0. The van der Waals surface area contributed by atoms with Crippen LogP contribution in [0.15, 0.2) is 158 Å². The summed E-state index contributed by atoms with van der Waals surface area (Å²) in [5.41, 5.74) is 29.5. The second kappa shape index (κ2) is 16.7. The minimum Gasteiger partial charge on any atom is -0.376 e. The van der Waals surface area contributed by atoms with Gasteiger partial charge in [0.1, 0.15) is 0 Å². The molecular formula is C75H80BN3. The van der Waals surface area contributed by atoms with Crippen molar-refractivity contribution < 1.29 is 0 Å². The highest BCUT2D eigenvalue weighted by Crippen LogP contribution is 2.65. The van der Waals surface area contributed by atoms with Crippen LogP contribution in [0.3, 0.4) is 0 Å². The Morgan fingerprint density at radius 2 is 1.05 bits per heavy atom. The number of anilines is 7. The van der Waals surface area contributed by atoms with Crippen LogP contribution in [0.4, 0.5) is 39.8 Å². The van der Waals surface area contributed by atoms with Gasteiger partial charge in [-0.1, -0.05) is 200 Å². The number of fused-ring (bicyclic) bond motifs is 12. The number of nitrogens with zero attached hydrogens (tertiary/aromatic N) is 3. The lowest BCUT2D eigenvalue weighted by Gasteiger charge is -2.53. The molecule has 6 aliphatic rings. The molecule has 4 heteroatoms. The zero-order valence-corrected chi connectivity index (χ0v) is 49.7. The van der Waals surface area contributed by atoms with E-state index in [1.807, 2.05) is 0 Å². The van der Waals surface area contributed by atoms with Gasteiger partial charge < -0.3 is 14.6 Å². The van der Waals surface area contributed by atoms with Crippen LogP contribution in [0.5, 0.6) is 0 Å². The van der Waals surface area contributed by atoms with E-state index in [0.717, 1.165) is 17.8 Å². The van der Waals surface area contributed by atoms with E-state index < -0.39 is 0 Å². The van der Waals surface area contributed by atoms with E-state index in [-0.39, 0.29) is 44.9 Å². The number of hydrogen-bond acceptors (Lipinski definition) is 3. The van der Waals surface area contributed by atoms with Crippen molar-refractivity contribution in [2.45, 2.75) is 173 Å². The summed E-state index contributed by atoms with van der Waals surface area (Å²) in [5, 5.41) is 0. The first-order chi connectivity index (χ1) is 37.4. The van der Waals surface area contributed by atoms with E-state index in [4.69, 9.17) is 0 Å². The highest BCUT2D eigenvalue weighted by atomic mass is 15.3. The molecule has 0 aromatic heterocycles. The minimum atomic E-state index is -0.318. The molecule has 8 aromatic rings. The molecule has 3 heterocycles. The molecule has 1 fully saturated rings. The Kier molecular flexibility index (Phi) is 10.6. The summed E-state index contributed by atoms with van der Waals surface area (Å²) in [5.74, 6) is 0. The van der Waals surface area contributed by atoms with Gasteiger partial charge in [-0.3, -0.25) is 0 Å². The molecule has 14 rings (SSSR count). The van der Waals surface area contributed by atoms with Crippen molar-refractivity contribution >= 4 is 57.6 Å². The smallest absolute Gasteiger partial charge is 0.333 e. The monoisotopic (exact) mass is 1030 g/mol. The van der Waals surface area contributed by atoms with Gasteiger partial charge in [-0.15, -0.1) is 0 Å². The van der Waals surface area contributed by atoms with Gasteiger partial charge in [0.25, 0.3) is 0 Å². The molecule has 2 unspecified atom stereocenters. The summed E-state index contributed by atoms with van der Waals surface area (Å²) in [6.07, 6.45) is 7.14.